The van der Waals surface area contributed by atoms with Crippen molar-refractivity contribution in [3.63, 3.8) is 0 Å². The second-order valence-corrected chi connectivity index (χ2v) is 3.92. The molecule has 2 heteroatoms. The van der Waals surface area contributed by atoms with Gasteiger partial charge in [-0.25, -0.2) is 0 Å². The van der Waals surface area contributed by atoms with Gasteiger partial charge in [0.05, 0.1) is 0 Å². The third-order valence-electron chi connectivity index (χ3n) is 1.75. The molecule has 12 heavy (non-hydrogen) atoms. The van der Waals surface area contributed by atoms with Gasteiger partial charge in [-0.15, -0.1) is 0 Å². The van der Waals surface area contributed by atoms with Gasteiger partial charge in [0, 0.05) is 5.71 Å². The first-order valence-electron chi connectivity index (χ1n) is 4.05. The number of allylic oxidation sites excluding steroid dienone is 2. The summed E-state index contributed by atoms with van der Waals surface area (Å²) in [5.74, 6) is 0. The molecule has 0 radical (unpaired) electrons. The van der Waals surface area contributed by atoms with Crippen molar-refractivity contribution in [2.24, 2.45) is 4.99 Å². The quantitative estimate of drug-likeness (QED) is 0.319. The summed E-state index contributed by atoms with van der Waals surface area (Å²) in [6.45, 7) is 12.1. The molecular weight excluding hydrogens is 261 g/mol. The molecule has 0 aromatic heterocycles. The highest BCUT2D eigenvalue weighted by molar-refractivity contribution is 14.1. The lowest BCUT2D eigenvalue weighted by molar-refractivity contribution is 1.23. The number of hydrogen-bond acceptors (Lipinski definition) is 1. The summed E-state index contributed by atoms with van der Waals surface area (Å²) in [6, 6.07) is 0. The van der Waals surface area contributed by atoms with Gasteiger partial charge in [0.1, 0.15) is 3.70 Å². The highest BCUT2D eigenvalue weighted by Crippen LogP contribution is 2.19. The van der Waals surface area contributed by atoms with E-state index >= 15 is 0 Å². The Labute approximate surface area is 88.8 Å². The van der Waals surface area contributed by atoms with Crippen LogP contribution in [0.4, 0.5) is 0 Å². The Bertz CT molecular complexity index is 236. The third-order valence-corrected chi connectivity index (χ3v) is 2.80. The Hall–Kier alpha value is -0.120. The molecule has 0 aliphatic carbocycles. The van der Waals surface area contributed by atoms with Crippen LogP contribution in [0, 0.1) is 0 Å². The number of halogens is 1. The van der Waals surface area contributed by atoms with Crippen LogP contribution in [-0.2, 0) is 0 Å². The van der Waals surface area contributed by atoms with Crippen molar-refractivity contribution in [1.29, 1.82) is 0 Å². The average molecular weight is 277 g/mol. The van der Waals surface area contributed by atoms with E-state index in [1.165, 1.54) is 11.3 Å². The number of aliphatic imine (C=N–C) groups is 1. The van der Waals surface area contributed by atoms with Crippen LogP contribution in [0.5, 0.6) is 0 Å². The van der Waals surface area contributed by atoms with Crippen molar-refractivity contribution in [2.45, 2.75) is 34.1 Å². The average Bonchev–Trinajstić information content (AvgIpc) is 2.02. The Balaban J connectivity index is 4.69. The molecule has 0 aromatic carbocycles. The van der Waals surface area contributed by atoms with E-state index in [1.54, 1.807) is 0 Å². The largest absolute Gasteiger partial charge is 0.251 e. The molecule has 0 fully saturated rings. The first kappa shape index (κ1) is 11.9. The van der Waals surface area contributed by atoms with Crippen LogP contribution in [0.25, 0.3) is 0 Å². The first-order valence-corrected chi connectivity index (χ1v) is 5.13. The van der Waals surface area contributed by atoms with E-state index in [1.807, 2.05) is 13.8 Å². The zero-order valence-corrected chi connectivity index (χ0v) is 10.4. The Kier molecular flexibility index (Phi) is 5.46. The van der Waals surface area contributed by atoms with Crippen LogP contribution in [-0.4, -0.2) is 5.71 Å². The maximum Gasteiger partial charge on any atom is 0.104 e. The van der Waals surface area contributed by atoms with Gasteiger partial charge in [0.2, 0.25) is 0 Å². The number of nitrogens with zero attached hydrogens (tertiary/aromatic N) is 1. The summed E-state index contributed by atoms with van der Waals surface area (Å²) >= 11 is 2.25. The minimum absolute atomic E-state index is 1.01. The van der Waals surface area contributed by atoms with Crippen LogP contribution >= 0.6 is 22.6 Å². The minimum atomic E-state index is 1.01. The normalized spacial score (nSPS) is 14.2. The fraction of sp³-hybridized carbons (Fsp3) is 0.500. The summed E-state index contributed by atoms with van der Waals surface area (Å²) in [4.78, 5) is 4.44. The highest BCUT2D eigenvalue weighted by Gasteiger charge is 1.97. The van der Waals surface area contributed by atoms with Gasteiger partial charge in [-0.3, -0.25) is 4.99 Å². The van der Waals surface area contributed by atoms with E-state index in [0.29, 0.717) is 0 Å². The molecule has 0 N–H and O–H groups in total. The van der Waals surface area contributed by atoms with Gasteiger partial charge < -0.3 is 0 Å². The molecule has 0 bridgehead atoms. The van der Waals surface area contributed by atoms with Crippen LogP contribution in [0.15, 0.2) is 26.4 Å². The smallest absolute Gasteiger partial charge is 0.104 e. The molecule has 0 unspecified atom stereocenters. The van der Waals surface area contributed by atoms with E-state index in [4.69, 9.17) is 0 Å². The lowest BCUT2D eigenvalue weighted by Gasteiger charge is -2.01. The summed E-state index contributed by atoms with van der Waals surface area (Å²) in [6.07, 6.45) is 1.01. The van der Waals surface area contributed by atoms with Gasteiger partial charge in [-0.1, -0.05) is 19.1 Å². The van der Waals surface area contributed by atoms with E-state index in [9.17, 15) is 0 Å². The predicted molar refractivity (Wildman–Crippen MR) is 64.9 cm³/mol. The molecule has 0 aliphatic heterocycles. The monoisotopic (exact) mass is 277 g/mol. The standard InChI is InChI=1S/C10H16IN/c1-6-8(4)12-10(11)9(5)7(2)3/h2,6H2,1,3-5H3/b10-9-,12-8?. The second kappa shape index (κ2) is 5.51. The van der Waals surface area contributed by atoms with E-state index < -0.39 is 0 Å². The van der Waals surface area contributed by atoms with E-state index in [-0.39, 0.29) is 0 Å². The maximum atomic E-state index is 4.44. The van der Waals surface area contributed by atoms with E-state index in [2.05, 4.69) is 48.0 Å². The molecule has 0 amide bonds. The van der Waals surface area contributed by atoms with Crippen LogP contribution < -0.4 is 0 Å². The molecule has 0 atom stereocenters. The van der Waals surface area contributed by atoms with Crippen LogP contribution in [0.1, 0.15) is 34.1 Å². The predicted octanol–water partition coefficient (Wildman–Crippen LogP) is 4.10. The van der Waals surface area contributed by atoms with Crippen molar-refractivity contribution in [2.75, 3.05) is 0 Å². The SMILES string of the molecule is C=C(C)/C(C)=C(/I)N=C(C)CC. The van der Waals surface area contributed by atoms with Gasteiger partial charge in [0.15, 0.2) is 0 Å². The topological polar surface area (TPSA) is 12.4 Å². The second-order valence-electron chi connectivity index (χ2n) is 2.90. The summed E-state index contributed by atoms with van der Waals surface area (Å²) < 4.78 is 1.06. The van der Waals surface area contributed by atoms with Gasteiger partial charge in [-0.2, -0.15) is 0 Å². The van der Waals surface area contributed by atoms with Crippen molar-refractivity contribution in [1.82, 2.24) is 0 Å². The van der Waals surface area contributed by atoms with Crippen molar-refractivity contribution in [3.05, 3.63) is 21.4 Å². The minimum Gasteiger partial charge on any atom is -0.251 e. The van der Waals surface area contributed by atoms with E-state index in [0.717, 1.165) is 15.7 Å². The highest BCUT2D eigenvalue weighted by atomic mass is 127. The molecule has 0 saturated heterocycles. The molecule has 0 heterocycles. The molecular formula is C10H16IN. The zero-order chi connectivity index (χ0) is 9.72. The summed E-state index contributed by atoms with van der Waals surface area (Å²) in [5.41, 5.74) is 3.44. The molecule has 0 aliphatic rings. The zero-order valence-electron chi connectivity index (χ0n) is 8.24. The summed E-state index contributed by atoms with van der Waals surface area (Å²) in [7, 11) is 0. The molecule has 68 valence electrons. The molecule has 0 spiro atoms. The van der Waals surface area contributed by atoms with Crippen molar-refractivity contribution >= 4 is 28.3 Å². The fourth-order valence-electron chi connectivity index (χ4n) is 0.507. The van der Waals surface area contributed by atoms with Crippen molar-refractivity contribution < 1.29 is 0 Å². The van der Waals surface area contributed by atoms with Crippen LogP contribution in [0.2, 0.25) is 0 Å². The summed E-state index contributed by atoms with van der Waals surface area (Å²) in [5, 5.41) is 0. The Morgan fingerprint density at radius 2 is 1.83 bits per heavy atom. The first-order chi connectivity index (χ1) is 5.49. The Morgan fingerprint density at radius 1 is 1.33 bits per heavy atom. The maximum absolute atomic E-state index is 4.44. The Morgan fingerprint density at radius 3 is 2.17 bits per heavy atom. The van der Waals surface area contributed by atoms with Gasteiger partial charge >= 0.3 is 0 Å². The molecule has 0 saturated carbocycles. The number of rotatable bonds is 3. The fourth-order valence-corrected chi connectivity index (χ4v) is 1.38. The molecule has 0 rings (SSSR count). The van der Waals surface area contributed by atoms with Gasteiger partial charge in [0.25, 0.3) is 0 Å². The lowest BCUT2D eigenvalue weighted by atomic mass is 10.2. The van der Waals surface area contributed by atoms with Crippen molar-refractivity contribution in [3.8, 4) is 0 Å². The van der Waals surface area contributed by atoms with Crippen LogP contribution in [0.3, 0.4) is 0 Å². The molecule has 0 aromatic rings. The van der Waals surface area contributed by atoms with Gasteiger partial charge in [-0.05, 0) is 55.4 Å². The number of hydrogen-bond donors (Lipinski definition) is 0. The third kappa shape index (κ3) is 4.04. The lowest BCUT2D eigenvalue weighted by Crippen LogP contribution is -1.88. The molecule has 1 nitrogen and oxygen atoms in total.